The van der Waals surface area contributed by atoms with Crippen molar-refractivity contribution in [3.05, 3.63) is 21.8 Å². The van der Waals surface area contributed by atoms with Crippen molar-refractivity contribution in [1.82, 2.24) is 5.32 Å². The topological polar surface area (TPSA) is 162 Å². The monoisotopic (exact) mass is 576 g/mol. The molecule has 2 N–H and O–H groups in total. The maximum atomic E-state index is 13.3. The first-order chi connectivity index (χ1) is 19.5. The first-order valence-electron chi connectivity index (χ1n) is 15.1. The average molecular weight is 577 g/mol. The van der Waals surface area contributed by atoms with Crippen molar-refractivity contribution < 1.29 is 38.9 Å². The lowest BCUT2D eigenvalue weighted by atomic mass is 9.46. The lowest BCUT2D eigenvalue weighted by Gasteiger charge is -2.59. The maximum absolute atomic E-state index is 13.3. The number of hydrogen-bond donors (Lipinski definition) is 2. The molecule has 7 unspecified atom stereocenters. The number of aliphatic hydroxyl groups is 1. The lowest BCUT2D eigenvalue weighted by Crippen LogP contribution is -2.57. The molecule has 4 rings (SSSR count). The number of hydrogen-bond acceptors (Lipinski definition) is 9. The van der Waals surface area contributed by atoms with Gasteiger partial charge in [0.15, 0.2) is 11.6 Å². The van der Waals surface area contributed by atoms with E-state index in [2.05, 4.69) is 24.0 Å². The molecule has 7 atom stereocenters. The fourth-order valence-electron chi connectivity index (χ4n) is 8.64. The van der Waals surface area contributed by atoms with E-state index in [0.717, 1.165) is 32.1 Å². The minimum atomic E-state index is -0.843. The van der Waals surface area contributed by atoms with E-state index in [1.54, 1.807) is 0 Å². The maximum Gasteiger partial charge on any atom is 0.308 e. The number of ketones is 2. The normalized spacial score (nSPS) is 34.0. The van der Waals surface area contributed by atoms with Gasteiger partial charge in [0.25, 0.3) is 5.09 Å². The molecule has 0 aromatic carbocycles. The van der Waals surface area contributed by atoms with Gasteiger partial charge in [0.2, 0.25) is 5.91 Å². The molecule has 0 radical (unpaired) electrons. The van der Waals surface area contributed by atoms with Gasteiger partial charge in [-0.1, -0.05) is 25.8 Å². The van der Waals surface area contributed by atoms with Gasteiger partial charge in [-0.3, -0.25) is 19.2 Å². The van der Waals surface area contributed by atoms with Gasteiger partial charge in [0, 0.05) is 25.3 Å². The lowest BCUT2D eigenvalue weighted by molar-refractivity contribution is -0.757. The van der Waals surface area contributed by atoms with E-state index >= 15 is 0 Å². The number of aliphatic hydroxyl groups excluding tert-OH is 1. The Hall–Kier alpha value is -2.82. The van der Waals surface area contributed by atoms with Crippen molar-refractivity contribution in [1.29, 1.82) is 0 Å². The van der Waals surface area contributed by atoms with Crippen molar-refractivity contribution >= 4 is 23.4 Å². The summed E-state index contributed by atoms with van der Waals surface area (Å²) in [6, 6.07) is 0. The number of allylic oxidation sites excluding steroid dienone is 1. The second-order valence-electron chi connectivity index (χ2n) is 12.9. The van der Waals surface area contributed by atoms with E-state index < -0.39 is 17.2 Å². The summed E-state index contributed by atoms with van der Waals surface area (Å²) in [7, 11) is 0. The molecule has 1 amide bonds. The van der Waals surface area contributed by atoms with Crippen molar-refractivity contribution in [2.45, 2.75) is 97.0 Å². The molecule has 0 heterocycles. The number of carbonyl (C=O) groups excluding carboxylic acids is 4. The molecular formula is C30H44N2O9. The number of nitrogens with one attached hydrogen (secondary N) is 1. The summed E-state index contributed by atoms with van der Waals surface area (Å²) < 4.78 is 5.29. The molecular weight excluding hydrogens is 532 g/mol. The van der Waals surface area contributed by atoms with Crippen molar-refractivity contribution in [3.8, 4) is 0 Å². The number of carbonyl (C=O) groups is 4. The van der Waals surface area contributed by atoms with E-state index in [9.17, 15) is 34.4 Å². The molecule has 0 aromatic rings. The number of rotatable bonds is 13. The molecule has 3 fully saturated rings. The number of unbranched alkanes of at least 4 members (excludes halogenated alkanes) is 2. The zero-order valence-corrected chi connectivity index (χ0v) is 24.2. The van der Waals surface area contributed by atoms with Crippen LogP contribution >= 0.6 is 0 Å². The zero-order valence-electron chi connectivity index (χ0n) is 24.2. The Balaban J connectivity index is 1.21. The van der Waals surface area contributed by atoms with Crippen LogP contribution in [0.5, 0.6) is 0 Å². The van der Waals surface area contributed by atoms with Crippen LogP contribution in [0.15, 0.2) is 11.6 Å². The summed E-state index contributed by atoms with van der Waals surface area (Å²) in [5.41, 5.74) is 0.667. The van der Waals surface area contributed by atoms with E-state index in [1.165, 1.54) is 5.57 Å². The zero-order chi connectivity index (χ0) is 29.8. The van der Waals surface area contributed by atoms with Crippen LogP contribution in [0, 0.1) is 44.6 Å². The summed E-state index contributed by atoms with van der Waals surface area (Å²) in [5, 5.41) is 23.4. The second-order valence-corrected chi connectivity index (χ2v) is 12.9. The van der Waals surface area contributed by atoms with Crippen LogP contribution in [-0.2, 0) is 28.8 Å². The molecule has 0 bridgehead atoms. The van der Waals surface area contributed by atoms with Gasteiger partial charge in [0.05, 0.1) is 19.1 Å². The summed E-state index contributed by atoms with van der Waals surface area (Å²) >= 11 is 0. The van der Waals surface area contributed by atoms with Gasteiger partial charge in [-0.2, -0.15) is 0 Å². The first-order valence-corrected chi connectivity index (χ1v) is 15.1. The molecule has 0 aliphatic heterocycles. The minimum Gasteiger partial charge on any atom is -0.458 e. The highest BCUT2D eigenvalue weighted by Gasteiger charge is 2.62. The Morgan fingerprint density at radius 2 is 1.90 bits per heavy atom. The third kappa shape index (κ3) is 6.81. The van der Waals surface area contributed by atoms with Gasteiger partial charge >= 0.3 is 5.97 Å². The van der Waals surface area contributed by atoms with Gasteiger partial charge in [-0.25, -0.2) is 0 Å². The number of esters is 1. The molecule has 4 aliphatic carbocycles. The number of fused-ring (bicyclic) bond motifs is 5. The molecule has 228 valence electrons. The smallest absolute Gasteiger partial charge is 0.308 e. The van der Waals surface area contributed by atoms with Gasteiger partial charge in [-0.05, 0) is 86.0 Å². The van der Waals surface area contributed by atoms with Crippen LogP contribution in [0.1, 0.15) is 90.9 Å². The predicted molar refractivity (Wildman–Crippen MR) is 147 cm³/mol. The molecule has 11 heteroatoms. The van der Waals surface area contributed by atoms with E-state index in [4.69, 9.17) is 4.74 Å². The van der Waals surface area contributed by atoms with Crippen LogP contribution in [0.25, 0.3) is 0 Å². The predicted octanol–water partition coefficient (Wildman–Crippen LogP) is 3.49. The number of nitrogens with zero attached hydrogens (tertiary/aromatic N) is 1. The van der Waals surface area contributed by atoms with Crippen LogP contribution in [0.4, 0.5) is 0 Å². The Kier molecular flexibility index (Phi) is 9.87. The van der Waals surface area contributed by atoms with Gasteiger partial charge in [-0.15, -0.1) is 10.1 Å². The second kappa shape index (κ2) is 13.0. The average Bonchev–Trinajstić information content (AvgIpc) is 3.25. The molecule has 0 aromatic heterocycles. The SMILES string of the molecule is CC12CCC(=O)C=C1CCC1C2C(O)CC2(C)C(C(=O)COC(=O)CCNC(=O)CCCCCO[N+](=O)[O-])CCC12. The molecule has 0 spiro atoms. The molecule has 0 saturated heterocycles. The number of Topliss-reactive ketones (excluding diaryl/α,β-unsaturated/α-hetero) is 1. The fourth-order valence-corrected chi connectivity index (χ4v) is 8.64. The fraction of sp³-hybridized carbons (Fsp3) is 0.800. The third-order valence-electron chi connectivity index (χ3n) is 10.6. The third-order valence-corrected chi connectivity index (χ3v) is 10.6. The number of ether oxygens (including phenoxy) is 1. The first kappa shape index (κ1) is 31.1. The van der Waals surface area contributed by atoms with Crippen molar-refractivity contribution in [3.63, 3.8) is 0 Å². The van der Waals surface area contributed by atoms with Crippen LogP contribution in [-0.4, -0.2) is 59.5 Å². The highest BCUT2D eigenvalue weighted by atomic mass is 16.9. The van der Waals surface area contributed by atoms with E-state index in [1.807, 2.05) is 6.08 Å². The Bertz CT molecular complexity index is 1070. The largest absolute Gasteiger partial charge is 0.458 e. The van der Waals surface area contributed by atoms with Crippen LogP contribution in [0.2, 0.25) is 0 Å². The molecule has 11 nitrogen and oxygen atoms in total. The highest BCUT2D eigenvalue weighted by Crippen LogP contribution is 2.66. The van der Waals surface area contributed by atoms with E-state index in [-0.39, 0.29) is 72.7 Å². The van der Waals surface area contributed by atoms with Gasteiger partial charge in [0.1, 0.15) is 6.61 Å². The summed E-state index contributed by atoms with van der Waals surface area (Å²) in [6.45, 7) is 4.14. The van der Waals surface area contributed by atoms with Crippen LogP contribution < -0.4 is 5.32 Å². The summed E-state index contributed by atoms with van der Waals surface area (Å²) in [5.74, 6) is -0.255. The van der Waals surface area contributed by atoms with Crippen molar-refractivity contribution in [2.75, 3.05) is 19.8 Å². The molecule has 41 heavy (non-hydrogen) atoms. The molecule has 3 saturated carbocycles. The Morgan fingerprint density at radius 1 is 1.12 bits per heavy atom. The Labute approximate surface area is 240 Å². The van der Waals surface area contributed by atoms with Crippen molar-refractivity contribution in [2.24, 2.45) is 34.5 Å². The quantitative estimate of drug-likeness (QED) is 0.145. The minimum absolute atomic E-state index is 0.00255. The standard InChI is InChI=1S/C30H44N2O9/c1-29-13-11-20(33)16-19(29)7-8-21-22-9-10-23(30(22,2)17-24(34)28(21)29)25(35)18-40-27(37)12-14-31-26(36)6-4-3-5-15-41-32(38)39/h16,21-24,28,34H,3-15,17-18H2,1-2H3,(H,31,36). The molecule has 4 aliphatic rings. The highest BCUT2D eigenvalue weighted by molar-refractivity contribution is 5.91. The van der Waals surface area contributed by atoms with E-state index in [0.29, 0.717) is 43.9 Å². The summed E-state index contributed by atoms with van der Waals surface area (Å²) in [4.78, 5) is 63.9. The number of amides is 1. The summed E-state index contributed by atoms with van der Waals surface area (Å²) in [6.07, 6.45) is 8.40. The Morgan fingerprint density at radius 3 is 2.66 bits per heavy atom. The van der Waals surface area contributed by atoms with Gasteiger partial charge < -0.3 is 20.0 Å². The van der Waals surface area contributed by atoms with Crippen LogP contribution in [0.3, 0.4) is 0 Å².